The number of pyridine rings is 1. The average Bonchev–Trinajstić information content (AvgIpc) is 3.98. The number of carboxylic acid groups (broad SMARTS) is 1. The summed E-state index contributed by atoms with van der Waals surface area (Å²) in [4.78, 5) is 60.6. The molecule has 0 unspecified atom stereocenters. The van der Waals surface area contributed by atoms with Gasteiger partial charge in [-0.2, -0.15) is 0 Å². The summed E-state index contributed by atoms with van der Waals surface area (Å²) in [7, 11) is -4.00. The van der Waals surface area contributed by atoms with E-state index >= 15 is 0 Å². The van der Waals surface area contributed by atoms with Crippen molar-refractivity contribution in [3.63, 3.8) is 0 Å². The molecule has 3 heterocycles. The van der Waals surface area contributed by atoms with Gasteiger partial charge in [0, 0.05) is 23.1 Å². The van der Waals surface area contributed by atoms with Gasteiger partial charge in [0.2, 0.25) is 27.7 Å². The van der Waals surface area contributed by atoms with E-state index in [-0.39, 0.29) is 37.1 Å². The molecule has 1 aromatic heterocycles. The molecule has 1 aromatic carbocycles. The highest BCUT2D eigenvalue weighted by atomic mass is 32.2. The van der Waals surface area contributed by atoms with Gasteiger partial charge >= 0.3 is 6.09 Å². The molecule has 4 N–H and O–H groups in total. The van der Waals surface area contributed by atoms with E-state index in [2.05, 4.69) is 27.3 Å². The lowest BCUT2D eigenvalue weighted by molar-refractivity contribution is -0.142. The fourth-order valence-corrected chi connectivity index (χ4v) is 8.92. The van der Waals surface area contributed by atoms with E-state index in [4.69, 9.17) is 9.47 Å². The minimum absolute atomic E-state index is 0.0162. The quantitative estimate of drug-likeness (QED) is 0.274. The number of ether oxygens (including phenoxy) is 2. The summed E-state index contributed by atoms with van der Waals surface area (Å²) < 4.78 is 39.6. The number of hydrogen-bond donors (Lipinski definition) is 4. The van der Waals surface area contributed by atoms with Crippen molar-refractivity contribution in [2.24, 2.45) is 17.8 Å². The van der Waals surface area contributed by atoms with Gasteiger partial charge in [-0.25, -0.2) is 18.2 Å². The predicted molar refractivity (Wildman–Crippen MR) is 192 cm³/mol. The number of aromatic nitrogens is 1. The second-order valence-electron chi connectivity index (χ2n) is 15.0. The lowest BCUT2D eigenvalue weighted by Gasteiger charge is -2.33. The summed E-state index contributed by atoms with van der Waals surface area (Å²) in [5, 5.41) is 16.6. The SMILES string of the molecule is CCOc1cnc(O[C@@H]2C[C@H]3C(=O)N[C@]4(C(=O)NS(=O)(=O)C5(C)CC5)C[C@H]4C=CCC[C@H](C)C[C@@H](CC)[C@H](NC(=O)O)C(=O)N3C2)c2ccccc12. The van der Waals surface area contributed by atoms with Gasteiger partial charge in [-0.3, -0.25) is 19.1 Å². The zero-order valence-corrected chi connectivity index (χ0v) is 30.9. The van der Waals surface area contributed by atoms with Crippen LogP contribution in [-0.4, -0.2) is 88.8 Å². The molecule has 4 amide bonds. The Morgan fingerprint density at radius 2 is 1.87 bits per heavy atom. The van der Waals surface area contributed by atoms with Gasteiger partial charge in [0.05, 0.1) is 24.1 Å². The largest absolute Gasteiger partial charge is 0.492 e. The molecule has 15 heteroatoms. The van der Waals surface area contributed by atoms with Crippen LogP contribution in [0, 0.1) is 17.8 Å². The van der Waals surface area contributed by atoms with E-state index in [1.807, 2.05) is 50.3 Å². The number of nitrogens with zero attached hydrogens (tertiary/aromatic N) is 2. The van der Waals surface area contributed by atoms with Crippen molar-refractivity contribution in [1.29, 1.82) is 0 Å². The molecule has 14 nitrogen and oxygen atoms in total. The molecule has 0 bridgehead atoms. The number of allylic oxidation sites excluding steroid dienone is 1. The Morgan fingerprint density at radius 1 is 1.13 bits per heavy atom. The Morgan fingerprint density at radius 3 is 2.54 bits per heavy atom. The van der Waals surface area contributed by atoms with E-state index in [1.165, 1.54) is 4.90 Å². The number of fused-ring (bicyclic) bond motifs is 3. The Kier molecular flexibility index (Phi) is 10.5. The minimum atomic E-state index is -4.00. The molecule has 52 heavy (non-hydrogen) atoms. The van der Waals surface area contributed by atoms with Crippen LogP contribution in [0.2, 0.25) is 0 Å². The first-order valence-electron chi connectivity index (χ1n) is 18.2. The second-order valence-corrected chi connectivity index (χ2v) is 17.2. The van der Waals surface area contributed by atoms with Gasteiger partial charge in [-0.1, -0.05) is 50.6 Å². The molecule has 7 atom stereocenters. The standard InChI is InChI=1S/C37H49N5O9S/c1-5-23-17-22(3)11-7-8-12-24-19-37(24,34(45)41-52(48,49)36(4)15-16-36)40-31(43)28-18-25(21-42(28)33(44)30(23)39-35(46)47)51-32-27-14-10-9-13-26(27)29(20-38-32)50-6-2/h8-10,12-14,20,22-25,28,30,39H,5-7,11,15-19,21H2,1-4H3,(H,40,43)(H,41,45)(H,46,47)/t22-,23+,24+,25+,28-,30-,37+/m0/s1. The van der Waals surface area contributed by atoms with Crippen molar-refractivity contribution in [3.05, 3.63) is 42.6 Å². The number of rotatable bonds is 9. The molecular weight excluding hydrogens is 691 g/mol. The fraction of sp³-hybridized carbons (Fsp3) is 0.595. The van der Waals surface area contributed by atoms with Crippen molar-refractivity contribution >= 4 is 44.6 Å². The highest BCUT2D eigenvalue weighted by Gasteiger charge is 2.63. The van der Waals surface area contributed by atoms with Crippen molar-refractivity contribution in [2.45, 2.75) is 108 Å². The van der Waals surface area contributed by atoms with Crippen LogP contribution in [0.5, 0.6) is 11.6 Å². The van der Waals surface area contributed by atoms with E-state index in [9.17, 15) is 32.7 Å². The lowest BCUT2D eigenvalue weighted by Crippen LogP contribution is -2.59. The Labute approximate surface area is 304 Å². The maximum absolute atomic E-state index is 14.5. The van der Waals surface area contributed by atoms with Gasteiger partial charge in [-0.05, 0) is 70.3 Å². The van der Waals surface area contributed by atoms with Gasteiger partial charge < -0.3 is 30.1 Å². The molecule has 2 aromatic rings. The predicted octanol–water partition coefficient (Wildman–Crippen LogP) is 3.89. The average molecular weight is 740 g/mol. The first-order chi connectivity index (χ1) is 24.7. The topological polar surface area (TPSA) is 193 Å². The first-order valence-corrected chi connectivity index (χ1v) is 19.7. The van der Waals surface area contributed by atoms with Crippen LogP contribution < -0.4 is 24.8 Å². The number of hydrogen-bond acceptors (Lipinski definition) is 9. The number of carbonyl (C=O) groups excluding carboxylic acids is 3. The van der Waals surface area contributed by atoms with Gasteiger partial charge in [0.25, 0.3) is 5.91 Å². The highest BCUT2D eigenvalue weighted by Crippen LogP contribution is 2.47. The van der Waals surface area contributed by atoms with Crippen molar-refractivity contribution in [2.75, 3.05) is 13.2 Å². The molecule has 0 radical (unpaired) electrons. The van der Waals surface area contributed by atoms with Gasteiger partial charge in [0.15, 0.2) is 0 Å². The van der Waals surface area contributed by atoms with E-state index in [0.29, 0.717) is 49.8 Å². The third kappa shape index (κ3) is 7.42. The third-order valence-electron chi connectivity index (χ3n) is 11.2. The van der Waals surface area contributed by atoms with Crippen LogP contribution in [-0.2, 0) is 24.4 Å². The Bertz CT molecular complexity index is 1860. The van der Waals surface area contributed by atoms with Gasteiger partial charge in [-0.15, -0.1) is 0 Å². The summed E-state index contributed by atoms with van der Waals surface area (Å²) in [5.74, 6) is -1.86. The Balaban J connectivity index is 1.35. The maximum Gasteiger partial charge on any atom is 0.405 e. The molecule has 2 saturated carbocycles. The summed E-state index contributed by atoms with van der Waals surface area (Å²) in [6.45, 7) is 7.79. The molecule has 282 valence electrons. The Hall–Kier alpha value is -4.40. The highest BCUT2D eigenvalue weighted by molar-refractivity contribution is 7.91. The van der Waals surface area contributed by atoms with Crippen LogP contribution in [0.1, 0.15) is 79.1 Å². The van der Waals surface area contributed by atoms with Crippen molar-refractivity contribution in [3.8, 4) is 11.6 Å². The van der Waals surface area contributed by atoms with E-state index in [0.717, 1.165) is 11.8 Å². The molecule has 2 aliphatic heterocycles. The van der Waals surface area contributed by atoms with E-state index < -0.39 is 68.2 Å². The number of sulfonamides is 1. The van der Waals surface area contributed by atoms with Crippen LogP contribution in [0.4, 0.5) is 4.79 Å². The smallest absolute Gasteiger partial charge is 0.405 e. The summed E-state index contributed by atoms with van der Waals surface area (Å²) in [5.41, 5.74) is -1.54. The lowest BCUT2D eigenvalue weighted by atomic mass is 9.85. The zero-order valence-electron chi connectivity index (χ0n) is 30.1. The molecule has 0 spiro atoms. The molecule has 6 rings (SSSR count). The number of nitrogens with one attached hydrogen (secondary N) is 3. The molecule has 1 saturated heterocycles. The fourth-order valence-electron chi connectivity index (χ4n) is 7.61. The summed E-state index contributed by atoms with van der Waals surface area (Å²) >= 11 is 0. The first kappa shape index (κ1) is 37.4. The van der Waals surface area contributed by atoms with Crippen LogP contribution in [0.15, 0.2) is 42.6 Å². The maximum atomic E-state index is 14.5. The number of amides is 4. The zero-order chi connectivity index (χ0) is 37.4. The van der Waals surface area contributed by atoms with Crippen LogP contribution >= 0.6 is 0 Å². The molecule has 2 aliphatic carbocycles. The number of carbonyl (C=O) groups is 4. The van der Waals surface area contributed by atoms with E-state index in [1.54, 1.807) is 13.1 Å². The monoisotopic (exact) mass is 739 g/mol. The minimum Gasteiger partial charge on any atom is -0.492 e. The summed E-state index contributed by atoms with van der Waals surface area (Å²) in [6, 6.07) is 5.13. The second kappa shape index (κ2) is 14.6. The molecule has 3 fully saturated rings. The van der Waals surface area contributed by atoms with Crippen LogP contribution in [0.25, 0.3) is 10.8 Å². The molecular formula is C37H49N5O9S. The molecule has 4 aliphatic rings. The summed E-state index contributed by atoms with van der Waals surface area (Å²) in [6.07, 6.45) is 6.83. The number of benzene rings is 1. The van der Waals surface area contributed by atoms with Crippen molar-refractivity contribution < 1.29 is 42.2 Å². The van der Waals surface area contributed by atoms with Gasteiger partial charge in [0.1, 0.15) is 29.5 Å². The third-order valence-corrected chi connectivity index (χ3v) is 13.3. The normalized spacial score (nSPS) is 30.2. The van der Waals surface area contributed by atoms with Crippen LogP contribution in [0.3, 0.4) is 0 Å². The van der Waals surface area contributed by atoms with Crippen molar-refractivity contribution in [1.82, 2.24) is 25.2 Å².